The number of aliphatic hydroxyl groups excluding tert-OH is 1. The normalized spacial score (nSPS) is 11.0. The van der Waals surface area contributed by atoms with Gasteiger partial charge in [-0.3, -0.25) is 4.40 Å². The van der Waals surface area contributed by atoms with Crippen LogP contribution in [0.3, 0.4) is 0 Å². The van der Waals surface area contributed by atoms with Crippen LogP contribution in [0.15, 0.2) is 30.5 Å². The van der Waals surface area contributed by atoms with E-state index >= 15 is 0 Å². The van der Waals surface area contributed by atoms with Crippen molar-refractivity contribution >= 4 is 11.6 Å². The van der Waals surface area contributed by atoms with Gasteiger partial charge in [0.05, 0.1) is 17.9 Å². The van der Waals surface area contributed by atoms with Gasteiger partial charge in [-0.2, -0.15) is 0 Å². The maximum absolute atomic E-state index is 13.7. The maximum atomic E-state index is 13.7. The maximum Gasteiger partial charge on any atom is 0.354 e. The van der Waals surface area contributed by atoms with Gasteiger partial charge in [0.1, 0.15) is 18.2 Å². The number of aryl methyl sites for hydroxylation is 1. The Labute approximate surface area is 140 Å². The molecular formula is C17H14F2N2O4. The molecule has 6 nitrogen and oxygen atoms in total. The standard InChI is InChI=1S/C17H14F2N2O4/c1-9-15(17(23)24)21-6-10(7-22)5-14(16(21)20-9)25-8-11-12(18)3-2-4-13(11)19/h2-6,22H,7-8H2,1H3,(H,23,24). The van der Waals surface area contributed by atoms with Crippen molar-refractivity contribution in [1.29, 1.82) is 0 Å². The lowest BCUT2D eigenvalue weighted by atomic mass is 10.2. The number of aliphatic hydroxyl groups is 1. The summed E-state index contributed by atoms with van der Waals surface area (Å²) < 4.78 is 34.2. The largest absolute Gasteiger partial charge is 0.485 e. The molecule has 0 unspecified atom stereocenters. The second-order valence-corrected chi connectivity index (χ2v) is 5.40. The van der Waals surface area contributed by atoms with Gasteiger partial charge in [-0.1, -0.05) is 6.07 Å². The molecule has 2 heterocycles. The van der Waals surface area contributed by atoms with Crippen molar-refractivity contribution in [3.63, 3.8) is 0 Å². The number of aromatic carboxylic acids is 1. The molecule has 1 aromatic carbocycles. The van der Waals surface area contributed by atoms with E-state index in [4.69, 9.17) is 4.74 Å². The van der Waals surface area contributed by atoms with Gasteiger partial charge < -0.3 is 14.9 Å². The number of carboxylic acid groups (broad SMARTS) is 1. The molecule has 0 saturated heterocycles. The van der Waals surface area contributed by atoms with E-state index in [2.05, 4.69) is 4.98 Å². The molecule has 0 fully saturated rings. The second kappa shape index (κ2) is 6.48. The Morgan fingerprint density at radius 1 is 1.32 bits per heavy atom. The van der Waals surface area contributed by atoms with Gasteiger partial charge >= 0.3 is 5.97 Å². The van der Waals surface area contributed by atoms with Crippen molar-refractivity contribution in [3.8, 4) is 5.75 Å². The average Bonchev–Trinajstić information content (AvgIpc) is 2.90. The predicted molar refractivity (Wildman–Crippen MR) is 83.5 cm³/mol. The van der Waals surface area contributed by atoms with Gasteiger partial charge in [0, 0.05) is 6.20 Å². The van der Waals surface area contributed by atoms with Crippen molar-refractivity contribution in [2.24, 2.45) is 0 Å². The van der Waals surface area contributed by atoms with Crippen LogP contribution in [0, 0.1) is 18.6 Å². The van der Waals surface area contributed by atoms with Gasteiger partial charge in [-0.15, -0.1) is 0 Å². The smallest absolute Gasteiger partial charge is 0.354 e. The molecule has 3 aromatic rings. The highest BCUT2D eigenvalue weighted by atomic mass is 19.1. The molecule has 0 bridgehead atoms. The SMILES string of the molecule is Cc1nc2c(OCc3c(F)cccc3F)cc(CO)cn2c1C(=O)O. The zero-order chi connectivity index (χ0) is 18.1. The highest BCUT2D eigenvalue weighted by molar-refractivity contribution is 5.88. The number of ether oxygens (including phenoxy) is 1. The van der Waals surface area contributed by atoms with E-state index < -0.39 is 24.2 Å². The van der Waals surface area contributed by atoms with Crippen LogP contribution in [0.1, 0.15) is 27.3 Å². The monoisotopic (exact) mass is 348 g/mol. The molecule has 3 rings (SSSR count). The second-order valence-electron chi connectivity index (χ2n) is 5.40. The minimum Gasteiger partial charge on any atom is -0.485 e. The number of carboxylic acids is 1. The molecular weight excluding hydrogens is 334 g/mol. The summed E-state index contributed by atoms with van der Waals surface area (Å²) in [7, 11) is 0. The summed E-state index contributed by atoms with van der Waals surface area (Å²) in [6.45, 7) is 0.753. The summed E-state index contributed by atoms with van der Waals surface area (Å²) in [6.07, 6.45) is 1.43. The number of aromatic nitrogens is 2. The fourth-order valence-electron chi connectivity index (χ4n) is 2.55. The van der Waals surface area contributed by atoms with Crippen molar-refractivity contribution in [2.75, 3.05) is 0 Å². The number of nitrogens with zero attached hydrogens (tertiary/aromatic N) is 2. The highest BCUT2D eigenvalue weighted by Gasteiger charge is 2.20. The predicted octanol–water partition coefficient (Wildman–Crippen LogP) is 2.69. The van der Waals surface area contributed by atoms with Crippen LogP contribution in [0.5, 0.6) is 5.75 Å². The number of hydrogen-bond acceptors (Lipinski definition) is 4. The van der Waals surface area contributed by atoms with Gasteiger partial charge in [0.15, 0.2) is 17.1 Å². The van der Waals surface area contributed by atoms with E-state index in [0.29, 0.717) is 5.56 Å². The van der Waals surface area contributed by atoms with E-state index in [9.17, 15) is 23.8 Å². The topological polar surface area (TPSA) is 84.1 Å². The van der Waals surface area contributed by atoms with Crippen LogP contribution in [-0.4, -0.2) is 25.6 Å². The number of hydrogen-bond donors (Lipinski definition) is 2. The van der Waals surface area contributed by atoms with Crippen LogP contribution in [-0.2, 0) is 13.2 Å². The summed E-state index contributed by atoms with van der Waals surface area (Å²) in [5, 5.41) is 18.7. The van der Waals surface area contributed by atoms with Crippen molar-refractivity contribution in [2.45, 2.75) is 20.1 Å². The lowest BCUT2D eigenvalue weighted by Gasteiger charge is -2.11. The molecule has 0 saturated carbocycles. The van der Waals surface area contributed by atoms with Gasteiger partial charge in [-0.25, -0.2) is 18.6 Å². The minimum atomic E-state index is -1.19. The third-order valence-electron chi connectivity index (χ3n) is 3.74. The Kier molecular flexibility index (Phi) is 4.37. The Morgan fingerprint density at radius 3 is 2.60 bits per heavy atom. The zero-order valence-electron chi connectivity index (χ0n) is 13.2. The van der Waals surface area contributed by atoms with E-state index in [1.165, 1.54) is 29.7 Å². The van der Waals surface area contributed by atoms with E-state index in [1.54, 1.807) is 0 Å². The van der Waals surface area contributed by atoms with E-state index in [1.807, 2.05) is 0 Å². The fourth-order valence-corrected chi connectivity index (χ4v) is 2.55. The van der Waals surface area contributed by atoms with Crippen LogP contribution < -0.4 is 4.74 Å². The summed E-state index contributed by atoms with van der Waals surface area (Å²) >= 11 is 0. The summed E-state index contributed by atoms with van der Waals surface area (Å²) in [6, 6.07) is 4.93. The Bertz CT molecular complexity index is 949. The quantitative estimate of drug-likeness (QED) is 0.741. The summed E-state index contributed by atoms with van der Waals surface area (Å²) in [5.41, 5.74) is 0.480. The number of benzene rings is 1. The first-order valence-corrected chi connectivity index (χ1v) is 7.33. The fraction of sp³-hybridized carbons (Fsp3) is 0.176. The van der Waals surface area contributed by atoms with Gasteiger partial charge in [0.2, 0.25) is 0 Å². The third-order valence-corrected chi connectivity index (χ3v) is 3.74. The first-order valence-electron chi connectivity index (χ1n) is 7.33. The van der Waals surface area contributed by atoms with Gasteiger partial charge in [0.25, 0.3) is 0 Å². The van der Waals surface area contributed by atoms with Crippen molar-refractivity contribution in [1.82, 2.24) is 9.38 Å². The third kappa shape index (κ3) is 3.03. The Hall–Kier alpha value is -3.00. The molecule has 0 aliphatic carbocycles. The number of fused-ring (bicyclic) bond motifs is 1. The molecule has 0 aliphatic rings. The molecule has 0 radical (unpaired) electrons. The van der Waals surface area contributed by atoms with Crippen LogP contribution in [0.25, 0.3) is 5.65 Å². The van der Waals surface area contributed by atoms with Crippen LogP contribution in [0.4, 0.5) is 8.78 Å². The molecule has 8 heteroatoms. The van der Waals surface area contributed by atoms with E-state index in [-0.39, 0.29) is 35.0 Å². The summed E-state index contributed by atoms with van der Waals surface area (Å²) in [4.78, 5) is 15.6. The lowest BCUT2D eigenvalue weighted by molar-refractivity contribution is 0.0688. The number of pyridine rings is 1. The van der Waals surface area contributed by atoms with Crippen LogP contribution >= 0.6 is 0 Å². The molecule has 130 valence electrons. The molecule has 2 aromatic heterocycles. The number of rotatable bonds is 5. The number of carbonyl (C=O) groups is 1. The molecule has 0 atom stereocenters. The minimum absolute atomic E-state index is 0.0766. The summed E-state index contributed by atoms with van der Waals surface area (Å²) in [5.74, 6) is -2.57. The first kappa shape index (κ1) is 16.8. The van der Waals surface area contributed by atoms with Crippen LogP contribution in [0.2, 0.25) is 0 Å². The molecule has 2 N–H and O–H groups in total. The number of halogens is 2. The Morgan fingerprint density at radius 2 is 2.00 bits per heavy atom. The highest BCUT2D eigenvalue weighted by Crippen LogP contribution is 2.26. The molecule has 0 spiro atoms. The average molecular weight is 348 g/mol. The molecule has 0 aliphatic heterocycles. The number of imidazole rings is 1. The zero-order valence-corrected chi connectivity index (χ0v) is 13.2. The van der Waals surface area contributed by atoms with E-state index in [0.717, 1.165) is 12.1 Å². The lowest BCUT2D eigenvalue weighted by Crippen LogP contribution is -2.06. The molecule has 0 amide bonds. The first-order chi connectivity index (χ1) is 11.9. The Balaban J connectivity index is 2.06. The molecule has 25 heavy (non-hydrogen) atoms. The van der Waals surface area contributed by atoms with Crippen molar-refractivity contribution in [3.05, 3.63) is 64.6 Å². The van der Waals surface area contributed by atoms with Gasteiger partial charge in [-0.05, 0) is 30.7 Å². The van der Waals surface area contributed by atoms with Crippen molar-refractivity contribution < 1.29 is 28.5 Å².